The van der Waals surface area contributed by atoms with Gasteiger partial charge in [0.15, 0.2) is 5.78 Å². The summed E-state index contributed by atoms with van der Waals surface area (Å²) in [6.07, 6.45) is 4.03. The number of hydrogen-bond donors (Lipinski definition) is 0. The fraction of sp³-hybridized carbons (Fsp3) is 0.700. The number of rotatable bonds is 5. The van der Waals surface area contributed by atoms with Gasteiger partial charge in [0.2, 0.25) is 0 Å². The molecule has 0 saturated carbocycles. The maximum absolute atomic E-state index is 11.3. The van der Waals surface area contributed by atoms with Crippen LogP contribution in [0.25, 0.3) is 0 Å². The summed E-state index contributed by atoms with van der Waals surface area (Å²) in [5, 5.41) is 0.448. The maximum Gasteiger partial charge on any atom is 0.169 e. The number of ketones is 1. The Bertz CT molecular complexity index is 173. The third kappa shape index (κ3) is 4.05. The molecular weight excluding hydrogens is 216 g/mol. The van der Waals surface area contributed by atoms with Gasteiger partial charge in [-0.3, -0.25) is 4.79 Å². The van der Waals surface area contributed by atoms with Crippen molar-refractivity contribution >= 4 is 21.7 Å². The zero-order valence-corrected chi connectivity index (χ0v) is 9.65. The van der Waals surface area contributed by atoms with Gasteiger partial charge in [-0.15, -0.1) is 0 Å². The van der Waals surface area contributed by atoms with Gasteiger partial charge >= 0.3 is 0 Å². The first-order valence-electron chi connectivity index (χ1n) is 4.45. The third-order valence-electron chi connectivity index (χ3n) is 1.99. The molecule has 12 heavy (non-hydrogen) atoms. The van der Waals surface area contributed by atoms with E-state index in [0.29, 0.717) is 11.2 Å². The van der Waals surface area contributed by atoms with Crippen molar-refractivity contribution in [2.75, 3.05) is 5.33 Å². The molecule has 1 atom stereocenters. The summed E-state index contributed by atoms with van der Waals surface area (Å²) in [6, 6.07) is 0. The van der Waals surface area contributed by atoms with Crippen LogP contribution < -0.4 is 0 Å². The highest BCUT2D eigenvalue weighted by molar-refractivity contribution is 9.09. The molecule has 1 nitrogen and oxygen atoms in total. The van der Waals surface area contributed by atoms with Gasteiger partial charge in [0, 0.05) is 0 Å². The number of alkyl halides is 1. The highest BCUT2D eigenvalue weighted by Gasteiger charge is 2.06. The first-order chi connectivity index (χ1) is 5.65. The average Bonchev–Trinajstić information content (AvgIpc) is 2.12. The summed E-state index contributed by atoms with van der Waals surface area (Å²) in [4.78, 5) is 11.3. The van der Waals surface area contributed by atoms with Crippen LogP contribution >= 0.6 is 15.9 Å². The van der Waals surface area contributed by atoms with Crippen LogP contribution in [0.3, 0.4) is 0 Å². The highest BCUT2D eigenvalue weighted by atomic mass is 79.9. The van der Waals surface area contributed by atoms with Gasteiger partial charge < -0.3 is 0 Å². The molecule has 0 aliphatic rings. The Labute approximate surface area is 83.4 Å². The van der Waals surface area contributed by atoms with E-state index in [9.17, 15) is 4.79 Å². The molecule has 0 aromatic heterocycles. The molecule has 0 heterocycles. The molecule has 2 heteroatoms. The van der Waals surface area contributed by atoms with Crippen molar-refractivity contribution in [3.63, 3.8) is 0 Å². The Morgan fingerprint density at radius 2 is 2.08 bits per heavy atom. The molecular formula is C10H17BrO. The van der Waals surface area contributed by atoms with Gasteiger partial charge in [0.05, 0.1) is 5.33 Å². The van der Waals surface area contributed by atoms with Gasteiger partial charge in [0.1, 0.15) is 0 Å². The second-order valence-corrected chi connectivity index (χ2v) is 3.55. The molecule has 0 bridgehead atoms. The Balaban J connectivity index is 4.32. The van der Waals surface area contributed by atoms with Gasteiger partial charge in [-0.05, 0) is 17.9 Å². The smallest absolute Gasteiger partial charge is 0.169 e. The van der Waals surface area contributed by atoms with E-state index in [1.165, 1.54) is 0 Å². The third-order valence-corrected chi connectivity index (χ3v) is 2.50. The predicted octanol–water partition coefficient (Wildman–Crippen LogP) is 3.33. The molecule has 70 valence electrons. The second-order valence-electron chi connectivity index (χ2n) is 2.99. The summed E-state index contributed by atoms with van der Waals surface area (Å²) < 4.78 is 0. The lowest BCUT2D eigenvalue weighted by atomic mass is 10.0. The van der Waals surface area contributed by atoms with Crippen molar-refractivity contribution in [1.82, 2.24) is 0 Å². The summed E-state index contributed by atoms with van der Waals surface area (Å²) >= 11 is 3.18. The van der Waals surface area contributed by atoms with Crippen LogP contribution in [-0.4, -0.2) is 11.1 Å². The minimum atomic E-state index is 0.220. The van der Waals surface area contributed by atoms with E-state index in [-0.39, 0.29) is 5.78 Å². The van der Waals surface area contributed by atoms with Crippen LogP contribution in [0.15, 0.2) is 11.6 Å². The molecule has 0 spiro atoms. The molecule has 0 fully saturated rings. The molecule has 0 N–H and O–H groups in total. The van der Waals surface area contributed by atoms with E-state index in [4.69, 9.17) is 0 Å². The molecule has 0 rings (SSSR count). The van der Waals surface area contributed by atoms with Gasteiger partial charge in [-0.2, -0.15) is 0 Å². The Morgan fingerprint density at radius 3 is 2.42 bits per heavy atom. The Morgan fingerprint density at radius 1 is 1.50 bits per heavy atom. The summed E-state index contributed by atoms with van der Waals surface area (Å²) in [6.45, 7) is 6.29. The standard InChI is InChI=1S/C10H17BrO/c1-4-8(3)6-9(5-2)10(12)7-11/h6,8H,4-5,7H2,1-3H3/b9-6+. The molecule has 0 radical (unpaired) electrons. The van der Waals surface area contributed by atoms with Crippen molar-refractivity contribution in [3.05, 3.63) is 11.6 Å². The minimum Gasteiger partial charge on any atom is -0.294 e. The largest absolute Gasteiger partial charge is 0.294 e. The molecule has 0 aliphatic heterocycles. The lowest BCUT2D eigenvalue weighted by Gasteiger charge is -2.05. The lowest BCUT2D eigenvalue weighted by molar-refractivity contribution is -0.113. The van der Waals surface area contributed by atoms with E-state index in [1.807, 2.05) is 6.92 Å². The average molecular weight is 233 g/mol. The van der Waals surface area contributed by atoms with Gasteiger partial charge in [-0.25, -0.2) is 0 Å². The minimum absolute atomic E-state index is 0.220. The van der Waals surface area contributed by atoms with Crippen LogP contribution in [-0.2, 0) is 4.79 Å². The number of allylic oxidation sites excluding steroid dienone is 2. The fourth-order valence-electron chi connectivity index (χ4n) is 0.955. The molecule has 0 amide bonds. The number of carbonyl (C=O) groups is 1. The predicted molar refractivity (Wildman–Crippen MR) is 56.6 cm³/mol. The molecule has 0 aromatic rings. The molecule has 1 unspecified atom stereocenters. The van der Waals surface area contributed by atoms with Crippen LogP contribution in [0.2, 0.25) is 0 Å². The van der Waals surface area contributed by atoms with Gasteiger partial charge in [0.25, 0.3) is 0 Å². The number of Topliss-reactive ketones (excluding diaryl/α,β-unsaturated/α-hetero) is 1. The molecule has 0 aliphatic carbocycles. The van der Waals surface area contributed by atoms with Crippen LogP contribution in [0.1, 0.15) is 33.6 Å². The normalized spacial score (nSPS) is 14.5. The van der Waals surface area contributed by atoms with E-state index < -0.39 is 0 Å². The summed E-state index contributed by atoms with van der Waals surface area (Å²) in [7, 11) is 0. The SMILES string of the molecule is CC/C(=C\C(C)CC)C(=O)CBr. The lowest BCUT2D eigenvalue weighted by Crippen LogP contribution is -2.04. The number of carbonyl (C=O) groups excluding carboxylic acids is 1. The van der Waals surface area contributed by atoms with Crippen LogP contribution in [0.5, 0.6) is 0 Å². The second kappa shape index (κ2) is 6.41. The monoisotopic (exact) mass is 232 g/mol. The summed E-state index contributed by atoms with van der Waals surface area (Å²) in [5.74, 6) is 0.737. The van der Waals surface area contributed by atoms with Crippen molar-refractivity contribution in [2.24, 2.45) is 5.92 Å². The van der Waals surface area contributed by atoms with Crippen molar-refractivity contribution in [1.29, 1.82) is 0 Å². The van der Waals surface area contributed by atoms with E-state index in [2.05, 4.69) is 35.9 Å². The van der Waals surface area contributed by atoms with E-state index >= 15 is 0 Å². The fourth-order valence-corrected chi connectivity index (χ4v) is 1.32. The zero-order valence-electron chi connectivity index (χ0n) is 8.06. The van der Waals surface area contributed by atoms with Crippen molar-refractivity contribution in [2.45, 2.75) is 33.6 Å². The number of halogens is 1. The molecule has 0 saturated heterocycles. The quantitative estimate of drug-likeness (QED) is 0.525. The Kier molecular flexibility index (Phi) is 6.35. The first-order valence-corrected chi connectivity index (χ1v) is 5.57. The zero-order chi connectivity index (χ0) is 9.56. The van der Waals surface area contributed by atoms with Crippen molar-refractivity contribution in [3.8, 4) is 0 Å². The summed E-state index contributed by atoms with van der Waals surface area (Å²) in [5.41, 5.74) is 0.959. The highest BCUT2D eigenvalue weighted by Crippen LogP contribution is 2.11. The maximum atomic E-state index is 11.3. The van der Waals surface area contributed by atoms with Crippen LogP contribution in [0.4, 0.5) is 0 Å². The number of hydrogen-bond acceptors (Lipinski definition) is 1. The van der Waals surface area contributed by atoms with Crippen LogP contribution in [0, 0.1) is 5.92 Å². The Hall–Kier alpha value is -0.110. The van der Waals surface area contributed by atoms with Gasteiger partial charge in [-0.1, -0.05) is 49.2 Å². The van der Waals surface area contributed by atoms with E-state index in [1.54, 1.807) is 0 Å². The molecule has 0 aromatic carbocycles. The topological polar surface area (TPSA) is 17.1 Å². The van der Waals surface area contributed by atoms with Crippen molar-refractivity contribution < 1.29 is 4.79 Å². The first kappa shape index (κ1) is 11.9. The van der Waals surface area contributed by atoms with E-state index in [0.717, 1.165) is 18.4 Å².